The van der Waals surface area contributed by atoms with E-state index in [1.165, 1.54) is 62.2 Å². The highest BCUT2D eigenvalue weighted by Crippen LogP contribution is 2.52. The van der Waals surface area contributed by atoms with Crippen molar-refractivity contribution in [3.63, 3.8) is 0 Å². The number of thiophene rings is 1. The molecule has 0 saturated heterocycles. The average Bonchev–Trinajstić information content (AvgIpc) is 3.38. The molecule has 5 rings (SSSR count). The molecule has 0 radical (unpaired) electrons. The van der Waals surface area contributed by atoms with Crippen LogP contribution in [0.15, 0.2) is 54.6 Å². The van der Waals surface area contributed by atoms with Crippen LogP contribution in [0.4, 0.5) is 5.69 Å². The maximum absolute atomic E-state index is 3.99. The summed E-state index contributed by atoms with van der Waals surface area (Å²) < 4.78 is 3.78. The summed E-state index contributed by atoms with van der Waals surface area (Å²) in [5, 5.41) is 7.93. The Morgan fingerprint density at radius 1 is 0.971 bits per heavy atom. The Balaban J connectivity index is 0.000000499. The number of allylic oxidation sites excluding steroid dienone is 1. The van der Waals surface area contributed by atoms with Crippen LogP contribution in [-0.4, -0.2) is 10.1 Å². The van der Waals surface area contributed by atoms with Gasteiger partial charge in [-0.1, -0.05) is 90.3 Å². The highest BCUT2D eigenvalue weighted by Gasteiger charge is 2.46. The monoisotopic (exact) mass is 472 g/mol. The Hall–Kier alpha value is -2.52. The number of fused-ring (bicyclic) bond motifs is 1. The Bertz CT molecular complexity index is 1290. The lowest BCUT2D eigenvalue weighted by molar-refractivity contribution is 0.296. The van der Waals surface area contributed by atoms with Gasteiger partial charge in [0.05, 0.1) is 16.9 Å². The number of benzene rings is 2. The van der Waals surface area contributed by atoms with Gasteiger partial charge in [0, 0.05) is 21.0 Å². The fourth-order valence-corrected chi connectivity index (χ4v) is 6.34. The van der Waals surface area contributed by atoms with Gasteiger partial charge in [-0.2, -0.15) is 0 Å². The lowest BCUT2D eigenvalue weighted by atomic mass is 9.64. The summed E-state index contributed by atoms with van der Waals surface area (Å²) in [6.07, 6.45) is 9.55. The Morgan fingerprint density at radius 3 is 2.32 bits per heavy atom. The first-order valence-corrected chi connectivity index (χ1v) is 13.7. The fraction of sp³-hybridized carbons (Fsp3) is 0.419. The van der Waals surface area contributed by atoms with Crippen LogP contribution < -0.4 is 5.32 Å². The first-order valence-electron chi connectivity index (χ1n) is 12.9. The lowest BCUT2D eigenvalue weighted by Gasteiger charge is -2.49. The molecule has 4 aromatic rings. The van der Waals surface area contributed by atoms with E-state index in [9.17, 15) is 0 Å². The summed E-state index contributed by atoms with van der Waals surface area (Å²) in [5.74, 6) is 0. The number of hydrogen-bond acceptors (Lipinski definition) is 2. The van der Waals surface area contributed by atoms with Gasteiger partial charge < -0.3 is 5.32 Å². The van der Waals surface area contributed by atoms with E-state index in [-0.39, 0.29) is 11.0 Å². The van der Waals surface area contributed by atoms with Crippen molar-refractivity contribution in [3.05, 3.63) is 65.9 Å². The smallest absolute Gasteiger partial charge is 0.101 e. The van der Waals surface area contributed by atoms with Crippen LogP contribution in [0.3, 0.4) is 0 Å². The van der Waals surface area contributed by atoms with Gasteiger partial charge in [-0.25, -0.2) is 0 Å². The third-order valence-corrected chi connectivity index (χ3v) is 8.96. The second-order valence-corrected chi connectivity index (χ2v) is 11.3. The fourth-order valence-electron chi connectivity index (χ4n) is 5.25. The van der Waals surface area contributed by atoms with E-state index < -0.39 is 0 Å². The summed E-state index contributed by atoms with van der Waals surface area (Å²) in [5.41, 5.74) is 5.28. The molecule has 1 atom stereocenters. The minimum absolute atomic E-state index is 0.00301. The highest BCUT2D eigenvalue weighted by molar-refractivity contribution is 7.21. The van der Waals surface area contributed by atoms with E-state index in [2.05, 4.69) is 119 Å². The summed E-state index contributed by atoms with van der Waals surface area (Å²) >= 11 is 1.86. The SMILES string of the molecule is C/C=C\c1c2c3c(cccc3n1-c1cc3ccccc3s1)C(C)(C)[C@@](C)(CC)N2.CCCCC. The average molecular weight is 473 g/mol. The third-order valence-electron chi connectivity index (χ3n) is 7.86. The van der Waals surface area contributed by atoms with E-state index in [0.717, 1.165) is 6.42 Å². The Labute approximate surface area is 209 Å². The Kier molecular flexibility index (Phi) is 6.96. The molecule has 180 valence electrons. The van der Waals surface area contributed by atoms with Crippen molar-refractivity contribution in [3.8, 4) is 5.00 Å². The topological polar surface area (TPSA) is 17.0 Å². The van der Waals surface area contributed by atoms with E-state index in [1.807, 2.05) is 11.3 Å². The highest BCUT2D eigenvalue weighted by atomic mass is 32.1. The quantitative estimate of drug-likeness (QED) is 0.306. The van der Waals surface area contributed by atoms with E-state index in [1.54, 1.807) is 0 Å². The van der Waals surface area contributed by atoms with Gasteiger partial charge in [0.2, 0.25) is 0 Å². The maximum Gasteiger partial charge on any atom is 0.101 e. The number of anilines is 1. The molecular weight excluding hydrogens is 432 g/mol. The molecule has 0 unspecified atom stereocenters. The normalized spacial score (nSPS) is 18.8. The Morgan fingerprint density at radius 2 is 1.71 bits per heavy atom. The number of nitrogens with zero attached hydrogens (tertiary/aromatic N) is 1. The third kappa shape index (κ3) is 3.88. The van der Waals surface area contributed by atoms with Crippen LogP contribution in [0.5, 0.6) is 0 Å². The largest absolute Gasteiger partial charge is 0.377 e. The molecule has 0 spiro atoms. The minimum Gasteiger partial charge on any atom is -0.377 e. The van der Waals surface area contributed by atoms with Crippen LogP contribution in [0.1, 0.15) is 85.4 Å². The first-order chi connectivity index (χ1) is 16.3. The van der Waals surface area contributed by atoms with Crippen molar-refractivity contribution >= 4 is 44.1 Å². The molecule has 2 nitrogen and oxygen atoms in total. The van der Waals surface area contributed by atoms with Crippen LogP contribution in [0.25, 0.3) is 32.1 Å². The maximum atomic E-state index is 3.99. The zero-order valence-electron chi connectivity index (χ0n) is 22.0. The first kappa shape index (κ1) is 24.6. The molecule has 0 fully saturated rings. The van der Waals surface area contributed by atoms with Gasteiger partial charge >= 0.3 is 0 Å². The van der Waals surface area contributed by atoms with Crippen LogP contribution in [-0.2, 0) is 5.41 Å². The molecular formula is C31H40N2S. The molecule has 1 aliphatic heterocycles. The molecule has 1 N–H and O–H groups in total. The van der Waals surface area contributed by atoms with Gasteiger partial charge in [0.1, 0.15) is 5.00 Å². The number of rotatable bonds is 5. The minimum atomic E-state index is -0.00301. The molecule has 2 aromatic carbocycles. The predicted octanol–water partition coefficient (Wildman–Crippen LogP) is 9.95. The van der Waals surface area contributed by atoms with E-state index >= 15 is 0 Å². The predicted molar refractivity (Wildman–Crippen MR) is 154 cm³/mol. The van der Waals surface area contributed by atoms with Crippen molar-refractivity contribution in [2.24, 2.45) is 0 Å². The van der Waals surface area contributed by atoms with Gasteiger partial charge in [-0.3, -0.25) is 4.57 Å². The molecule has 0 saturated carbocycles. The second-order valence-electron chi connectivity index (χ2n) is 10.2. The summed E-state index contributed by atoms with van der Waals surface area (Å²) in [7, 11) is 0. The van der Waals surface area contributed by atoms with Crippen LogP contribution in [0.2, 0.25) is 0 Å². The van der Waals surface area contributed by atoms with Crippen molar-refractivity contribution in [1.29, 1.82) is 0 Å². The summed E-state index contributed by atoms with van der Waals surface area (Å²) in [4.78, 5) is 0. The van der Waals surface area contributed by atoms with E-state index in [4.69, 9.17) is 0 Å². The number of aromatic nitrogens is 1. The standard InChI is InChI=1S/C26H28N2S.C5H12/c1-6-11-20-24-23-18(25(3,4)26(5,7-2)27-24)13-10-14-19(23)28(20)22-16-17-12-8-9-15-21(17)29-22;1-3-5-4-2/h6,8-16,27H,7H2,1-5H3;3-5H2,1-2H3/b11-6-;/t26-;/m1./s1. The molecule has 1 aliphatic rings. The number of nitrogens with one attached hydrogen (secondary N) is 1. The molecule has 0 bridgehead atoms. The van der Waals surface area contributed by atoms with Crippen molar-refractivity contribution in [2.45, 2.75) is 85.1 Å². The lowest BCUT2D eigenvalue weighted by Crippen LogP contribution is -2.53. The molecule has 3 heteroatoms. The number of unbranched alkanes of at least 4 members (excludes halogenated alkanes) is 2. The molecule has 3 heterocycles. The van der Waals surface area contributed by atoms with Crippen molar-refractivity contribution in [2.75, 3.05) is 5.32 Å². The van der Waals surface area contributed by atoms with Crippen molar-refractivity contribution in [1.82, 2.24) is 4.57 Å². The van der Waals surface area contributed by atoms with Gasteiger partial charge in [-0.05, 0) is 55.5 Å². The molecule has 0 amide bonds. The van der Waals surface area contributed by atoms with Gasteiger partial charge in [-0.15, -0.1) is 11.3 Å². The summed E-state index contributed by atoms with van der Waals surface area (Å²) in [6.45, 7) is 15.9. The van der Waals surface area contributed by atoms with Gasteiger partial charge in [0.15, 0.2) is 0 Å². The second kappa shape index (κ2) is 9.62. The van der Waals surface area contributed by atoms with Crippen molar-refractivity contribution < 1.29 is 0 Å². The van der Waals surface area contributed by atoms with Crippen LogP contribution in [0, 0.1) is 0 Å². The zero-order chi connectivity index (χ0) is 24.5. The molecule has 2 aromatic heterocycles. The molecule has 0 aliphatic carbocycles. The van der Waals surface area contributed by atoms with Gasteiger partial charge in [0.25, 0.3) is 0 Å². The molecule has 34 heavy (non-hydrogen) atoms. The van der Waals surface area contributed by atoms with Crippen LogP contribution >= 0.6 is 11.3 Å². The number of hydrogen-bond donors (Lipinski definition) is 1. The zero-order valence-corrected chi connectivity index (χ0v) is 22.8. The van der Waals surface area contributed by atoms with E-state index in [0.29, 0.717) is 0 Å². The summed E-state index contributed by atoms with van der Waals surface area (Å²) in [6, 6.07) is 17.8.